The number of rotatable bonds is 0. The maximum absolute atomic E-state index is 10.2. The second-order valence-electron chi connectivity index (χ2n) is 7.15. The third kappa shape index (κ3) is 1.01. The minimum absolute atomic E-state index is 0.0635. The molecule has 1 N–H and O–H groups in total. The molecule has 5 atom stereocenters. The minimum Gasteiger partial charge on any atom is -0.393 e. The molecule has 16 heavy (non-hydrogen) atoms. The fourth-order valence-electron chi connectivity index (χ4n) is 5.34. The SMILES string of the molecule is CC1=CCC23[C@H](C[C@@H](O)[C@@H]2C)C(C)(C)C[C@@H]13. The van der Waals surface area contributed by atoms with Crippen LogP contribution < -0.4 is 0 Å². The molecule has 2 fully saturated rings. The van der Waals surface area contributed by atoms with Gasteiger partial charge in [-0.2, -0.15) is 0 Å². The standard InChI is InChI=1S/C15H24O/c1-9-5-6-15-10(2)12(16)7-13(15)14(3,4)8-11(9)15/h5,10-13,16H,6-8H2,1-4H3/t10-,11-,12+,13+,15?/m0/s1. The Morgan fingerprint density at radius 2 is 2.06 bits per heavy atom. The molecular weight excluding hydrogens is 196 g/mol. The van der Waals surface area contributed by atoms with Crippen molar-refractivity contribution in [2.75, 3.05) is 0 Å². The van der Waals surface area contributed by atoms with E-state index in [1.54, 1.807) is 5.57 Å². The number of hydrogen-bond donors (Lipinski definition) is 1. The lowest BCUT2D eigenvalue weighted by Gasteiger charge is -2.37. The quantitative estimate of drug-likeness (QED) is 0.620. The van der Waals surface area contributed by atoms with Crippen LogP contribution in [0.25, 0.3) is 0 Å². The molecule has 0 aromatic rings. The molecule has 3 aliphatic rings. The van der Waals surface area contributed by atoms with Crippen LogP contribution in [0, 0.1) is 28.6 Å². The molecule has 1 spiro atoms. The summed E-state index contributed by atoms with van der Waals surface area (Å²) >= 11 is 0. The van der Waals surface area contributed by atoms with Gasteiger partial charge in [0.15, 0.2) is 0 Å². The van der Waals surface area contributed by atoms with E-state index < -0.39 is 0 Å². The largest absolute Gasteiger partial charge is 0.393 e. The lowest BCUT2D eigenvalue weighted by Crippen LogP contribution is -2.34. The van der Waals surface area contributed by atoms with E-state index >= 15 is 0 Å². The van der Waals surface area contributed by atoms with Crippen molar-refractivity contribution >= 4 is 0 Å². The fraction of sp³-hybridized carbons (Fsp3) is 0.867. The molecule has 3 aliphatic carbocycles. The topological polar surface area (TPSA) is 20.2 Å². The van der Waals surface area contributed by atoms with Gasteiger partial charge >= 0.3 is 0 Å². The van der Waals surface area contributed by atoms with Crippen LogP contribution >= 0.6 is 0 Å². The average Bonchev–Trinajstić information content (AvgIpc) is 2.72. The Kier molecular flexibility index (Phi) is 1.98. The first-order valence-electron chi connectivity index (χ1n) is 6.74. The van der Waals surface area contributed by atoms with Gasteiger partial charge in [0.2, 0.25) is 0 Å². The van der Waals surface area contributed by atoms with Gasteiger partial charge in [-0.05, 0) is 54.8 Å². The first-order chi connectivity index (χ1) is 7.39. The smallest absolute Gasteiger partial charge is 0.0574 e. The lowest BCUT2D eigenvalue weighted by atomic mass is 9.66. The zero-order chi connectivity index (χ0) is 11.7. The van der Waals surface area contributed by atoms with Crippen LogP contribution in [0.3, 0.4) is 0 Å². The molecule has 2 saturated carbocycles. The zero-order valence-corrected chi connectivity index (χ0v) is 11.0. The van der Waals surface area contributed by atoms with Crippen molar-refractivity contribution in [3.63, 3.8) is 0 Å². The zero-order valence-electron chi connectivity index (χ0n) is 11.0. The molecule has 0 aromatic carbocycles. The van der Waals surface area contributed by atoms with E-state index in [2.05, 4.69) is 33.8 Å². The summed E-state index contributed by atoms with van der Waals surface area (Å²) in [5.41, 5.74) is 2.43. The molecular formula is C15H24O. The molecule has 90 valence electrons. The summed E-state index contributed by atoms with van der Waals surface area (Å²) in [6.45, 7) is 9.41. The predicted octanol–water partition coefficient (Wildman–Crippen LogP) is 3.39. The molecule has 0 heterocycles. The molecule has 0 bridgehead atoms. The van der Waals surface area contributed by atoms with Crippen molar-refractivity contribution in [1.82, 2.24) is 0 Å². The van der Waals surface area contributed by atoms with Gasteiger partial charge < -0.3 is 5.11 Å². The van der Waals surface area contributed by atoms with E-state index in [-0.39, 0.29) is 6.10 Å². The average molecular weight is 220 g/mol. The summed E-state index contributed by atoms with van der Waals surface area (Å²) in [6, 6.07) is 0. The fourth-order valence-corrected chi connectivity index (χ4v) is 5.34. The first-order valence-corrected chi connectivity index (χ1v) is 6.74. The van der Waals surface area contributed by atoms with E-state index in [1.807, 2.05) is 0 Å². The molecule has 1 heteroatoms. The van der Waals surface area contributed by atoms with Gasteiger partial charge in [-0.25, -0.2) is 0 Å². The highest BCUT2D eigenvalue weighted by atomic mass is 16.3. The normalized spacial score (nSPS) is 53.7. The van der Waals surface area contributed by atoms with Crippen LogP contribution in [0.15, 0.2) is 11.6 Å². The summed E-state index contributed by atoms with van der Waals surface area (Å²) in [7, 11) is 0. The Morgan fingerprint density at radius 3 is 2.75 bits per heavy atom. The second-order valence-corrected chi connectivity index (χ2v) is 7.15. The van der Waals surface area contributed by atoms with Gasteiger partial charge in [-0.1, -0.05) is 32.4 Å². The van der Waals surface area contributed by atoms with E-state index in [9.17, 15) is 5.11 Å². The van der Waals surface area contributed by atoms with Gasteiger partial charge in [-0.3, -0.25) is 0 Å². The third-order valence-electron chi connectivity index (χ3n) is 6.20. The van der Waals surface area contributed by atoms with Crippen LogP contribution in [0.1, 0.15) is 47.0 Å². The maximum atomic E-state index is 10.2. The van der Waals surface area contributed by atoms with E-state index in [1.165, 1.54) is 12.8 Å². The lowest BCUT2D eigenvalue weighted by molar-refractivity contribution is 0.0696. The molecule has 1 nitrogen and oxygen atoms in total. The maximum Gasteiger partial charge on any atom is 0.0574 e. The second kappa shape index (κ2) is 2.93. The molecule has 0 amide bonds. The van der Waals surface area contributed by atoms with Gasteiger partial charge in [0.25, 0.3) is 0 Å². The van der Waals surface area contributed by atoms with Crippen molar-refractivity contribution < 1.29 is 5.11 Å². The Labute approximate surface area is 98.9 Å². The van der Waals surface area contributed by atoms with Crippen molar-refractivity contribution in [1.29, 1.82) is 0 Å². The molecule has 0 aliphatic heterocycles. The Bertz CT molecular complexity index is 354. The van der Waals surface area contributed by atoms with Crippen LogP contribution in [0.5, 0.6) is 0 Å². The van der Waals surface area contributed by atoms with E-state index in [4.69, 9.17) is 0 Å². The van der Waals surface area contributed by atoms with Gasteiger partial charge in [0.05, 0.1) is 6.10 Å². The molecule has 0 radical (unpaired) electrons. The Hall–Kier alpha value is -0.300. The van der Waals surface area contributed by atoms with Crippen molar-refractivity contribution in [3.05, 3.63) is 11.6 Å². The molecule has 1 unspecified atom stereocenters. The van der Waals surface area contributed by atoms with Crippen LogP contribution in [0.2, 0.25) is 0 Å². The number of aliphatic hydroxyl groups is 1. The van der Waals surface area contributed by atoms with Crippen LogP contribution in [-0.2, 0) is 0 Å². The molecule has 0 aromatic heterocycles. The van der Waals surface area contributed by atoms with Crippen molar-refractivity contribution in [2.24, 2.45) is 28.6 Å². The highest BCUT2D eigenvalue weighted by molar-refractivity contribution is 5.28. The minimum atomic E-state index is -0.0635. The first kappa shape index (κ1) is 10.8. The van der Waals surface area contributed by atoms with E-state index in [0.29, 0.717) is 16.7 Å². The summed E-state index contributed by atoms with van der Waals surface area (Å²) in [5.74, 6) is 1.96. The van der Waals surface area contributed by atoms with Crippen LogP contribution in [0.4, 0.5) is 0 Å². The number of allylic oxidation sites excluding steroid dienone is 2. The number of aliphatic hydroxyl groups excluding tert-OH is 1. The Morgan fingerprint density at radius 1 is 1.38 bits per heavy atom. The Balaban J connectivity index is 2.09. The summed E-state index contributed by atoms with van der Waals surface area (Å²) in [4.78, 5) is 0. The van der Waals surface area contributed by atoms with Gasteiger partial charge in [0.1, 0.15) is 0 Å². The van der Waals surface area contributed by atoms with Gasteiger partial charge in [-0.15, -0.1) is 0 Å². The predicted molar refractivity (Wildman–Crippen MR) is 66.0 cm³/mol. The summed E-state index contributed by atoms with van der Waals surface area (Å²) in [5, 5.41) is 10.2. The highest BCUT2D eigenvalue weighted by Crippen LogP contribution is 2.71. The molecule has 0 saturated heterocycles. The van der Waals surface area contributed by atoms with Crippen molar-refractivity contribution in [2.45, 2.75) is 53.1 Å². The summed E-state index contributed by atoms with van der Waals surface area (Å²) < 4.78 is 0. The number of hydrogen-bond acceptors (Lipinski definition) is 1. The highest BCUT2D eigenvalue weighted by Gasteiger charge is 2.66. The van der Waals surface area contributed by atoms with Crippen LogP contribution in [-0.4, -0.2) is 11.2 Å². The van der Waals surface area contributed by atoms with E-state index in [0.717, 1.165) is 18.3 Å². The van der Waals surface area contributed by atoms with Gasteiger partial charge in [0, 0.05) is 0 Å². The van der Waals surface area contributed by atoms with Crippen molar-refractivity contribution in [3.8, 4) is 0 Å². The monoisotopic (exact) mass is 220 g/mol. The summed E-state index contributed by atoms with van der Waals surface area (Å²) in [6.07, 6.45) is 5.96. The third-order valence-corrected chi connectivity index (χ3v) is 6.20. The molecule has 3 rings (SSSR count).